The van der Waals surface area contributed by atoms with Crippen molar-refractivity contribution in [1.29, 1.82) is 0 Å². The Hall–Kier alpha value is -2.67. The Morgan fingerprint density at radius 2 is 1.71 bits per heavy atom. The van der Waals surface area contributed by atoms with Crippen LogP contribution in [0, 0.1) is 13.8 Å². The molecule has 6 nitrogen and oxygen atoms in total. The number of anilines is 1. The number of halogens is 1. The number of hydrogen-bond donors (Lipinski definition) is 1. The number of benzene rings is 2. The van der Waals surface area contributed by atoms with Crippen LogP contribution in [0.3, 0.4) is 0 Å². The summed E-state index contributed by atoms with van der Waals surface area (Å²) in [5, 5.41) is 11.3. The second-order valence-corrected chi connectivity index (χ2v) is 9.63. The molecule has 1 N–H and O–H groups in total. The number of β-amino-alcohol motifs (C(OH)–C–C–N with tert-alkyl or cyclic N) is 1. The van der Waals surface area contributed by atoms with E-state index in [2.05, 4.69) is 28.9 Å². The van der Waals surface area contributed by atoms with Gasteiger partial charge >= 0.3 is 0 Å². The highest BCUT2D eigenvalue weighted by atomic mass is 35.5. The number of piperazine rings is 1. The van der Waals surface area contributed by atoms with Crippen LogP contribution < -0.4 is 9.64 Å². The number of ether oxygens (including phenoxy) is 1. The van der Waals surface area contributed by atoms with Gasteiger partial charge in [0.05, 0.1) is 0 Å². The van der Waals surface area contributed by atoms with E-state index in [-0.39, 0.29) is 0 Å². The molecule has 1 aromatic heterocycles. The molecule has 7 heteroatoms. The maximum absolute atomic E-state index is 10.6. The highest BCUT2D eigenvalue weighted by molar-refractivity contribution is 6.30. The summed E-state index contributed by atoms with van der Waals surface area (Å²) < 4.78 is 5.84. The molecule has 0 bridgehead atoms. The highest BCUT2D eigenvalue weighted by Gasteiger charge is 2.24. The van der Waals surface area contributed by atoms with Crippen LogP contribution in [0.2, 0.25) is 5.02 Å². The van der Waals surface area contributed by atoms with Gasteiger partial charge in [-0.3, -0.25) is 4.90 Å². The van der Waals surface area contributed by atoms with E-state index in [1.54, 1.807) is 0 Å². The van der Waals surface area contributed by atoms with Gasteiger partial charge in [0.2, 0.25) is 0 Å². The summed E-state index contributed by atoms with van der Waals surface area (Å²) >= 11 is 6.09. The van der Waals surface area contributed by atoms with E-state index in [9.17, 15) is 5.11 Å². The van der Waals surface area contributed by atoms with Gasteiger partial charge in [-0.1, -0.05) is 48.9 Å². The fraction of sp³-hybridized carbons (Fsp3) is 0.429. The van der Waals surface area contributed by atoms with Crippen LogP contribution in [0.15, 0.2) is 48.5 Å². The van der Waals surface area contributed by atoms with Crippen molar-refractivity contribution in [3.8, 4) is 5.75 Å². The molecule has 1 atom stereocenters. The zero-order valence-corrected chi connectivity index (χ0v) is 21.6. The van der Waals surface area contributed by atoms with Crippen molar-refractivity contribution < 1.29 is 9.84 Å². The van der Waals surface area contributed by atoms with Crippen LogP contribution >= 0.6 is 11.6 Å². The number of aliphatic hydroxyl groups is 1. The van der Waals surface area contributed by atoms with Gasteiger partial charge in [0.25, 0.3) is 0 Å². The molecule has 4 rings (SSSR count). The van der Waals surface area contributed by atoms with Crippen LogP contribution in [-0.2, 0) is 12.8 Å². The molecule has 1 unspecified atom stereocenters. The lowest BCUT2D eigenvalue weighted by Crippen LogP contribution is -2.49. The predicted octanol–water partition coefficient (Wildman–Crippen LogP) is 4.46. The molecule has 1 fully saturated rings. The molecule has 1 aliphatic heterocycles. The third-order valence-corrected chi connectivity index (χ3v) is 6.73. The average Bonchev–Trinajstić information content (AvgIpc) is 2.86. The number of rotatable bonds is 9. The van der Waals surface area contributed by atoms with Crippen molar-refractivity contribution in [3.05, 3.63) is 81.8 Å². The number of aliphatic hydroxyl groups excluding tert-OH is 1. The summed E-state index contributed by atoms with van der Waals surface area (Å²) in [4.78, 5) is 14.3. The summed E-state index contributed by atoms with van der Waals surface area (Å²) in [6, 6.07) is 15.9. The SMILES string of the molecule is CCc1nc(C)nc(N2CCN(CC(O)COc3ccccc3C)CC2)c1Cc1ccc(Cl)cc1. The van der Waals surface area contributed by atoms with E-state index in [0.717, 1.165) is 72.7 Å². The van der Waals surface area contributed by atoms with Crippen molar-refractivity contribution in [3.63, 3.8) is 0 Å². The first-order valence-electron chi connectivity index (χ1n) is 12.4. The van der Waals surface area contributed by atoms with Gasteiger partial charge in [-0.05, 0) is 49.6 Å². The topological polar surface area (TPSA) is 61.7 Å². The number of aromatic nitrogens is 2. The minimum Gasteiger partial charge on any atom is -0.491 e. The molecule has 186 valence electrons. The largest absolute Gasteiger partial charge is 0.491 e. The molecule has 1 saturated heterocycles. The lowest BCUT2D eigenvalue weighted by molar-refractivity contribution is 0.0660. The fourth-order valence-electron chi connectivity index (χ4n) is 4.58. The van der Waals surface area contributed by atoms with Gasteiger partial charge in [-0.15, -0.1) is 0 Å². The van der Waals surface area contributed by atoms with Crippen LogP contribution in [0.5, 0.6) is 5.75 Å². The Labute approximate surface area is 213 Å². The van der Waals surface area contributed by atoms with Crippen molar-refractivity contribution in [2.75, 3.05) is 44.2 Å². The van der Waals surface area contributed by atoms with E-state index in [1.807, 2.05) is 50.2 Å². The number of hydrogen-bond acceptors (Lipinski definition) is 6. The molecule has 0 radical (unpaired) electrons. The van der Waals surface area contributed by atoms with Crippen LogP contribution in [-0.4, -0.2) is 65.4 Å². The van der Waals surface area contributed by atoms with Gasteiger partial charge in [-0.2, -0.15) is 0 Å². The molecular formula is C28H35ClN4O2. The van der Waals surface area contributed by atoms with Gasteiger partial charge in [-0.25, -0.2) is 9.97 Å². The Bertz CT molecular complexity index is 1110. The molecule has 35 heavy (non-hydrogen) atoms. The first-order chi connectivity index (χ1) is 16.9. The summed E-state index contributed by atoms with van der Waals surface area (Å²) in [6.07, 6.45) is 1.12. The lowest BCUT2D eigenvalue weighted by atomic mass is 10.0. The smallest absolute Gasteiger partial charge is 0.136 e. The van der Waals surface area contributed by atoms with Crippen LogP contribution in [0.1, 0.15) is 35.1 Å². The second-order valence-electron chi connectivity index (χ2n) is 9.19. The van der Waals surface area contributed by atoms with Crippen molar-refractivity contribution >= 4 is 17.4 Å². The number of aryl methyl sites for hydroxylation is 3. The molecule has 0 aliphatic carbocycles. The summed E-state index contributed by atoms with van der Waals surface area (Å²) in [5.41, 5.74) is 4.58. The third kappa shape index (κ3) is 6.72. The van der Waals surface area contributed by atoms with Gasteiger partial charge < -0.3 is 14.7 Å². The zero-order valence-electron chi connectivity index (χ0n) is 20.9. The molecule has 2 heterocycles. The average molecular weight is 495 g/mol. The Kier molecular flexibility index (Phi) is 8.60. The lowest BCUT2D eigenvalue weighted by Gasteiger charge is -2.37. The van der Waals surface area contributed by atoms with Gasteiger partial charge in [0, 0.05) is 55.4 Å². The van der Waals surface area contributed by atoms with Gasteiger partial charge in [0.1, 0.15) is 30.1 Å². The number of para-hydroxylation sites is 1. The van der Waals surface area contributed by atoms with Crippen molar-refractivity contribution in [2.45, 2.75) is 39.7 Å². The first-order valence-corrected chi connectivity index (χ1v) is 12.8. The van der Waals surface area contributed by atoms with Crippen LogP contribution in [0.4, 0.5) is 5.82 Å². The van der Waals surface area contributed by atoms with Crippen LogP contribution in [0.25, 0.3) is 0 Å². The quantitative estimate of drug-likeness (QED) is 0.474. The molecule has 1 aliphatic rings. The molecular weight excluding hydrogens is 460 g/mol. The molecule has 2 aromatic carbocycles. The summed E-state index contributed by atoms with van der Waals surface area (Å²) in [7, 11) is 0. The standard InChI is InChI=1S/C28H35ClN4O2/c1-4-26-25(17-22-9-11-23(29)12-10-22)28(31-21(3)30-26)33-15-13-32(14-16-33)18-24(34)19-35-27-8-6-5-7-20(27)2/h5-12,24,34H,4,13-19H2,1-3H3. The Balaban J connectivity index is 1.39. The Morgan fingerprint density at radius 3 is 2.40 bits per heavy atom. The van der Waals surface area contributed by atoms with Gasteiger partial charge in [0.15, 0.2) is 0 Å². The highest BCUT2D eigenvalue weighted by Crippen LogP contribution is 2.26. The maximum Gasteiger partial charge on any atom is 0.136 e. The molecule has 3 aromatic rings. The normalized spacial score (nSPS) is 15.3. The van der Waals surface area contributed by atoms with E-state index >= 15 is 0 Å². The first kappa shape index (κ1) is 25.4. The summed E-state index contributed by atoms with van der Waals surface area (Å²) in [6.45, 7) is 10.5. The second kappa shape index (κ2) is 11.8. The summed E-state index contributed by atoms with van der Waals surface area (Å²) in [5.74, 6) is 2.67. The zero-order chi connectivity index (χ0) is 24.8. The van der Waals surface area contributed by atoms with Crippen molar-refractivity contribution in [2.24, 2.45) is 0 Å². The molecule has 0 amide bonds. The maximum atomic E-state index is 10.6. The minimum absolute atomic E-state index is 0.293. The van der Waals surface area contributed by atoms with E-state index < -0.39 is 6.10 Å². The monoisotopic (exact) mass is 494 g/mol. The predicted molar refractivity (Wildman–Crippen MR) is 142 cm³/mol. The van der Waals surface area contributed by atoms with E-state index in [4.69, 9.17) is 26.3 Å². The molecule has 0 saturated carbocycles. The Morgan fingerprint density at radius 1 is 1.00 bits per heavy atom. The molecule has 0 spiro atoms. The minimum atomic E-state index is -0.533. The van der Waals surface area contributed by atoms with E-state index in [1.165, 1.54) is 11.1 Å². The number of nitrogens with zero attached hydrogens (tertiary/aromatic N) is 4. The van der Waals surface area contributed by atoms with E-state index in [0.29, 0.717) is 13.2 Å². The third-order valence-electron chi connectivity index (χ3n) is 6.48. The van der Waals surface area contributed by atoms with Crippen molar-refractivity contribution in [1.82, 2.24) is 14.9 Å². The fourth-order valence-corrected chi connectivity index (χ4v) is 4.70.